The molecule has 1 aliphatic rings. The summed E-state index contributed by atoms with van der Waals surface area (Å²) in [7, 11) is 0. The van der Waals surface area contributed by atoms with Crippen molar-refractivity contribution >= 4 is 6.09 Å². The van der Waals surface area contributed by atoms with Gasteiger partial charge in [-0.3, -0.25) is 4.90 Å². The summed E-state index contributed by atoms with van der Waals surface area (Å²) in [6, 6.07) is 18.9. The summed E-state index contributed by atoms with van der Waals surface area (Å²) >= 11 is 0. The second-order valence-corrected chi connectivity index (χ2v) is 6.55. The van der Waals surface area contributed by atoms with Gasteiger partial charge in [-0.2, -0.15) is 0 Å². The lowest BCUT2D eigenvalue weighted by Crippen LogP contribution is -2.45. The Labute approximate surface area is 159 Å². The van der Waals surface area contributed by atoms with Crippen molar-refractivity contribution < 1.29 is 19.4 Å². The van der Waals surface area contributed by atoms with Gasteiger partial charge in [0.25, 0.3) is 0 Å². The molecule has 144 valence electrons. The first-order valence-electron chi connectivity index (χ1n) is 9.24. The van der Waals surface area contributed by atoms with Crippen LogP contribution in [0, 0.1) is 0 Å². The number of nitrogens with one attached hydrogen (secondary N) is 1. The van der Waals surface area contributed by atoms with Crippen molar-refractivity contribution in [3.8, 4) is 0 Å². The number of rotatable bonds is 7. The fourth-order valence-electron chi connectivity index (χ4n) is 3.05. The zero-order chi connectivity index (χ0) is 18.9. The molecule has 6 heteroatoms. The van der Waals surface area contributed by atoms with Crippen LogP contribution in [0.1, 0.15) is 17.2 Å². The predicted molar refractivity (Wildman–Crippen MR) is 102 cm³/mol. The molecule has 27 heavy (non-hydrogen) atoms. The number of aliphatic hydroxyl groups excluding tert-OH is 1. The molecule has 0 spiro atoms. The number of aliphatic hydroxyl groups is 1. The number of carbonyl (C=O) groups is 1. The smallest absolute Gasteiger partial charge is 0.407 e. The fraction of sp³-hybridized carbons (Fsp3) is 0.381. The fourth-order valence-corrected chi connectivity index (χ4v) is 3.05. The Morgan fingerprint density at radius 1 is 1.07 bits per heavy atom. The molecule has 0 aromatic heterocycles. The van der Waals surface area contributed by atoms with Crippen LogP contribution in [0.2, 0.25) is 0 Å². The van der Waals surface area contributed by atoms with Gasteiger partial charge in [0.15, 0.2) is 0 Å². The molecular weight excluding hydrogens is 344 g/mol. The number of hydrogen-bond acceptors (Lipinski definition) is 5. The summed E-state index contributed by atoms with van der Waals surface area (Å²) in [5.74, 6) is 0. The molecule has 6 nitrogen and oxygen atoms in total. The van der Waals surface area contributed by atoms with E-state index in [9.17, 15) is 9.90 Å². The van der Waals surface area contributed by atoms with Crippen molar-refractivity contribution in [3.63, 3.8) is 0 Å². The molecule has 2 aromatic rings. The summed E-state index contributed by atoms with van der Waals surface area (Å²) in [5, 5.41) is 13.5. The third-order valence-corrected chi connectivity index (χ3v) is 4.57. The third-order valence-electron chi connectivity index (χ3n) is 4.57. The minimum absolute atomic E-state index is 0.380. The lowest BCUT2D eigenvalue weighted by Gasteiger charge is -2.32. The van der Waals surface area contributed by atoms with Crippen molar-refractivity contribution in [1.29, 1.82) is 0 Å². The van der Waals surface area contributed by atoms with Gasteiger partial charge in [-0.05, 0) is 11.1 Å². The SMILES string of the molecule is O=C(NCc1ccccc1)OC(CN1CCOCC1)C(O)c1ccccc1. The van der Waals surface area contributed by atoms with Gasteiger partial charge in [-0.1, -0.05) is 60.7 Å². The standard InChI is InChI=1S/C21H26N2O4/c24-20(18-9-5-2-6-10-18)19(16-23-11-13-26-14-12-23)27-21(25)22-15-17-7-3-1-4-8-17/h1-10,19-20,24H,11-16H2,(H,22,25). The molecule has 2 aromatic carbocycles. The van der Waals surface area contributed by atoms with Crippen LogP contribution in [0.15, 0.2) is 60.7 Å². The first kappa shape index (κ1) is 19.4. The molecule has 2 N–H and O–H groups in total. The van der Waals surface area contributed by atoms with E-state index in [0.29, 0.717) is 26.3 Å². The molecule has 1 heterocycles. The predicted octanol–water partition coefficient (Wildman–Crippen LogP) is 2.35. The first-order valence-corrected chi connectivity index (χ1v) is 9.24. The van der Waals surface area contributed by atoms with Gasteiger partial charge < -0.3 is 19.9 Å². The van der Waals surface area contributed by atoms with Crippen molar-refractivity contribution in [1.82, 2.24) is 10.2 Å². The van der Waals surface area contributed by atoms with Crippen molar-refractivity contribution in [2.75, 3.05) is 32.8 Å². The van der Waals surface area contributed by atoms with E-state index in [1.807, 2.05) is 60.7 Å². The van der Waals surface area contributed by atoms with Crippen LogP contribution in [0.3, 0.4) is 0 Å². The van der Waals surface area contributed by atoms with Gasteiger partial charge in [-0.15, -0.1) is 0 Å². The Kier molecular flexibility index (Phi) is 7.21. The molecule has 2 atom stereocenters. The lowest BCUT2D eigenvalue weighted by molar-refractivity contribution is -0.0370. The molecular formula is C21H26N2O4. The van der Waals surface area contributed by atoms with Crippen molar-refractivity contribution in [2.45, 2.75) is 18.8 Å². The van der Waals surface area contributed by atoms with Crippen molar-refractivity contribution in [3.05, 3.63) is 71.8 Å². The number of morpholine rings is 1. The molecule has 1 amide bonds. The normalized spacial score (nSPS) is 17.1. The topological polar surface area (TPSA) is 71.0 Å². The van der Waals surface area contributed by atoms with Gasteiger partial charge in [0.2, 0.25) is 0 Å². The van der Waals surface area contributed by atoms with Crippen LogP contribution < -0.4 is 5.32 Å². The number of alkyl carbamates (subject to hydrolysis) is 1. The number of carbonyl (C=O) groups excluding carboxylic acids is 1. The van der Waals surface area contributed by atoms with Gasteiger partial charge in [-0.25, -0.2) is 4.79 Å². The highest BCUT2D eigenvalue weighted by Gasteiger charge is 2.28. The second-order valence-electron chi connectivity index (χ2n) is 6.55. The molecule has 0 saturated carbocycles. The summed E-state index contributed by atoms with van der Waals surface area (Å²) in [6.07, 6.45) is -2.09. The zero-order valence-electron chi connectivity index (χ0n) is 15.3. The van der Waals surface area contributed by atoms with E-state index >= 15 is 0 Å². The van der Waals surface area contributed by atoms with Crippen LogP contribution in [0.5, 0.6) is 0 Å². The van der Waals surface area contributed by atoms with Crippen LogP contribution >= 0.6 is 0 Å². The van der Waals surface area contributed by atoms with Gasteiger partial charge in [0, 0.05) is 26.2 Å². The van der Waals surface area contributed by atoms with Crippen LogP contribution in [0.25, 0.3) is 0 Å². The number of amides is 1. The Hall–Kier alpha value is -2.41. The Morgan fingerprint density at radius 3 is 2.37 bits per heavy atom. The first-order chi connectivity index (χ1) is 13.2. The minimum Gasteiger partial charge on any atom is -0.442 e. The van der Waals surface area contributed by atoms with E-state index in [1.54, 1.807) is 0 Å². The minimum atomic E-state index is -0.892. The molecule has 0 aliphatic carbocycles. The summed E-state index contributed by atoms with van der Waals surface area (Å²) in [6.45, 7) is 3.65. The molecule has 1 saturated heterocycles. The molecule has 1 aliphatic heterocycles. The number of nitrogens with zero attached hydrogens (tertiary/aromatic N) is 1. The van der Waals surface area contributed by atoms with E-state index in [1.165, 1.54) is 0 Å². The second kappa shape index (κ2) is 10.1. The van der Waals surface area contributed by atoms with Crippen LogP contribution in [-0.2, 0) is 16.0 Å². The maximum Gasteiger partial charge on any atom is 0.407 e. The summed E-state index contributed by atoms with van der Waals surface area (Å²) < 4.78 is 11.0. The summed E-state index contributed by atoms with van der Waals surface area (Å²) in [4.78, 5) is 14.5. The molecule has 0 radical (unpaired) electrons. The highest BCUT2D eigenvalue weighted by Crippen LogP contribution is 2.20. The molecule has 0 bridgehead atoms. The van der Waals surface area contributed by atoms with E-state index in [0.717, 1.165) is 24.2 Å². The molecule has 2 unspecified atom stereocenters. The Morgan fingerprint density at radius 2 is 1.70 bits per heavy atom. The average Bonchev–Trinajstić information content (AvgIpc) is 2.73. The maximum absolute atomic E-state index is 12.3. The van der Waals surface area contributed by atoms with Crippen LogP contribution in [0.4, 0.5) is 4.79 Å². The third kappa shape index (κ3) is 6.06. The Bertz CT molecular complexity index is 690. The number of benzene rings is 2. The lowest BCUT2D eigenvalue weighted by atomic mass is 10.0. The van der Waals surface area contributed by atoms with E-state index in [2.05, 4.69) is 10.2 Å². The van der Waals surface area contributed by atoms with Gasteiger partial charge in [0.1, 0.15) is 12.2 Å². The summed E-state index contributed by atoms with van der Waals surface area (Å²) in [5.41, 5.74) is 1.72. The molecule has 3 rings (SSSR count). The maximum atomic E-state index is 12.3. The largest absolute Gasteiger partial charge is 0.442 e. The highest BCUT2D eigenvalue weighted by molar-refractivity contribution is 5.67. The van der Waals surface area contributed by atoms with Crippen molar-refractivity contribution in [2.24, 2.45) is 0 Å². The van der Waals surface area contributed by atoms with E-state index < -0.39 is 18.3 Å². The van der Waals surface area contributed by atoms with Gasteiger partial charge >= 0.3 is 6.09 Å². The highest BCUT2D eigenvalue weighted by atomic mass is 16.6. The van der Waals surface area contributed by atoms with E-state index in [-0.39, 0.29) is 0 Å². The number of ether oxygens (including phenoxy) is 2. The Balaban J connectivity index is 1.62. The van der Waals surface area contributed by atoms with E-state index in [4.69, 9.17) is 9.47 Å². The van der Waals surface area contributed by atoms with Crippen LogP contribution in [-0.4, -0.2) is 55.1 Å². The van der Waals surface area contributed by atoms with Gasteiger partial charge in [0.05, 0.1) is 13.2 Å². The molecule has 1 fully saturated rings. The average molecular weight is 370 g/mol. The zero-order valence-corrected chi connectivity index (χ0v) is 15.3. The number of hydrogen-bond donors (Lipinski definition) is 2. The quantitative estimate of drug-likeness (QED) is 0.783. The monoisotopic (exact) mass is 370 g/mol.